The van der Waals surface area contributed by atoms with Gasteiger partial charge >= 0.3 is 0 Å². The number of carbonyl (C=O) groups excluding carboxylic acids is 1. The molecule has 2 aromatic carbocycles. The minimum atomic E-state index is -0.205. The molecule has 1 aliphatic carbocycles. The number of anilines is 2. The zero-order valence-electron chi connectivity index (χ0n) is 19.5. The second kappa shape index (κ2) is 8.89. The van der Waals surface area contributed by atoms with E-state index in [0.717, 1.165) is 35.3 Å². The average molecular weight is 459 g/mol. The predicted molar refractivity (Wildman–Crippen MR) is 130 cm³/mol. The zero-order valence-corrected chi connectivity index (χ0v) is 19.5. The second-order valence-electron chi connectivity index (χ2n) is 9.16. The molecule has 7 heteroatoms. The molecule has 0 amide bonds. The van der Waals surface area contributed by atoms with Crippen molar-refractivity contribution in [3.8, 4) is 11.5 Å². The number of hydrogen-bond acceptors (Lipinski definition) is 5. The number of fused-ring (bicyclic) bond motifs is 1. The number of imidazole rings is 1. The first kappa shape index (κ1) is 22.1. The van der Waals surface area contributed by atoms with E-state index in [0.29, 0.717) is 29.4 Å². The minimum absolute atomic E-state index is 0.0856. The van der Waals surface area contributed by atoms with Crippen molar-refractivity contribution in [2.75, 3.05) is 5.32 Å². The predicted octanol–water partition coefficient (Wildman–Crippen LogP) is 6.29. The molecule has 34 heavy (non-hydrogen) atoms. The summed E-state index contributed by atoms with van der Waals surface area (Å²) in [4.78, 5) is 21.1. The van der Waals surface area contributed by atoms with Gasteiger partial charge in [-0.15, -0.1) is 0 Å². The number of hydrogen-bond donors (Lipinski definition) is 1. The molecule has 1 N–H and O–H groups in total. The molecule has 1 fully saturated rings. The van der Waals surface area contributed by atoms with Crippen LogP contribution in [0.3, 0.4) is 0 Å². The molecule has 0 bridgehead atoms. The lowest BCUT2D eigenvalue weighted by molar-refractivity contribution is -0.119. The molecule has 0 radical (unpaired) electrons. The number of pyridine rings is 1. The summed E-state index contributed by atoms with van der Waals surface area (Å²) in [6.45, 7) is 3.94. The Labute approximate surface area is 197 Å². The maximum Gasteiger partial charge on any atom is 0.208 e. The molecule has 0 atom stereocenters. The molecule has 0 spiro atoms. The number of aryl methyl sites for hydroxylation is 1. The number of nitrogens with one attached hydrogen (secondary N) is 1. The summed E-state index contributed by atoms with van der Waals surface area (Å²) in [5, 5.41) is 3.30. The third-order valence-electron chi connectivity index (χ3n) is 6.14. The number of ether oxygens (including phenoxy) is 1. The quantitative estimate of drug-likeness (QED) is 0.336. The Bertz CT molecular complexity index is 1370. The van der Waals surface area contributed by atoms with Gasteiger partial charge in [0, 0.05) is 43.4 Å². The molecule has 2 aromatic heterocycles. The summed E-state index contributed by atoms with van der Waals surface area (Å²) < 4.78 is 22.1. The number of nitrogens with zero attached hydrogens (tertiary/aromatic N) is 3. The van der Waals surface area contributed by atoms with Crippen LogP contribution in [0.1, 0.15) is 43.9 Å². The highest BCUT2D eigenvalue weighted by atomic mass is 19.1. The van der Waals surface area contributed by atoms with Crippen LogP contribution in [0.25, 0.3) is 11.0 Å². The lowest BCUT2D eigenvalue weighted by Crippen LogP contribution is -2.06. The molecule has 6 nitrogen and oxygen atoms in total. The van der Waals surface area contributed by atoms with Crippen LogP contribution in [0.5, 0.6) is 11.5 Å². The number of ketones is 1. The fourth-order valence-electron chi connectivity index (χ4n) is 4.03. The van der Waals surface area contributed by atoms with Gasteiger partial charge in [-0.05, 0) is 60.7 Å². The number of benzene rings is 2. The monoisotopic (exact) mass is 458 g/mol. The van der Waals surface area contributed by atoms with Crippen molar-refractivity contribution in [3.63, 3.8) is 0 Å². The molecule has 174 valence electrons. The van der Waals surface area contributed by atoms with E-state index in [-0.39, 0.29) is 23.4 Å². The van der Waals surface area contributed by atoms with E-state index in [9.17, 15) is 9.18 Å². The van der Waals surface area contributed by atoms with Gasteiger partial charge < -0.3 is 14.6 Å². The first-order chi connectivity index (χ1) is 16.4. The van der Waals surface area contributed by atoms with Crippen LogP contribution in [0.4, 0.5) is 16.0 Å². The van der Waals surface area contributed by atoms with Crippen LogP contribution in [-0.2, 0) is 18.3 Å². The molecular weight excluding hydrogens is 431 g/mol. The molecule has 1 aliphatic rings. The number of aromatic nitrogens is 3. The maximum atomic E-state index is 14.1. The van der Waals surface area contributed by atoms with E-state index in [2.05, 4.69) is 10.3 Å². The lowest BCUT2D eigenvalue weighted by Gasteiger charge is -2.11. The minimum Gasteiger partial charge on any atom is -0.457 e. The molecule has 5 rings (SSSR count). The summed E-state index contributed by atoms with van der Waals surface area (Å²) in [6.07, 6.45) is 4.00. The van der Waals surface area contributed by atoms with Gasteiger partial charge in [0.25, 0.3) is 0 Å². The van der Waals surface area contributed by atoms with Gasteiger partial charge in [0.05, 0.1) is 16.7 Å². The molecule has 4 aromatic rings. The van der Waals surface area contributed by atoms with Gasteiger partial charge in [0.1, 0.15) is 23.1 Å². The van der Waals surface area contributed by atoms with Gasteiger partial charge in [-0.25, -0.2) is 9.37 Å². The fourth-order valence-corrected chi connectivity index (χ4v) is 4.03. The Balaban J connectivity index is 1.35. The summed E-state index contributed by atoms with van der Waals surface area (Å²) in [6, 6.07) is 14.3. The second-order valence-corrected chi connectivity index (χ2v) is 9.16. The van der Waals surface area contributed by atoms with Crippen molar-refractivity contribution in [3.05, 3.63) is 71.8 Å². The van der Waals surface area contributed by atoms with Crippen molar-refractivity contribution < 1.29 is 13.9 Å². The van der Waals surface area contributed by atoms with E-state index in [4.69, 9.17) is 9.72 Å². The molecular formula is C27H27FN4O2. The number of rotatable bonds is 8. The van der Waals surface area contributed by atoms with Crippen molar-refractivity contribution in [1.29, 1.82) is 0 Å². The Morgan fingerprint density at radius 3 is 2.71 bits per heavy atom. The zero-order chi connectivity index (χ0) is 23.8. The van der Waals surface area contributed by atoms with Crippen LogP contribution < -0.4 is 10.1 Å². The molecule has 0 saturated heterocycles. The highest BCUT2D eigenvalue weighted by molar-refractivity contribution is 5.85. The third kappa shape index (κ3) is 4.64. The lowest BCUT2D eigenvalue weighted by atomic mass is 10.0. The number of carbonyl (C=O) groups is 1. The van der Waals surface area contributed by atoms with E-state index >= 15 is 0 Å². The Hall–Kier alpha value is -3.74. The SMILES string of the molecule is CC(C)c1cc(Nc2nc3cc(Oc4ccnc(CC(=O)C5CC5)c4)ccc3n2C)ccc1F. The Morgan fingerprint density at radius 1 is 1.15 bits per heavy atom. The van der Waals surface area contributed by atoms with Crippen molar-refractivity contribution in [2.45, 2.75) is 39.0 Å². The van der Waals surface area contributed by atoms with Crippen LogP contribution >= 0.6 is 0 Å². The van der Waals surface area contributed by atoms with E-state index in [1.54, 1.807) is 18.3 Å². The summed E-state index contributed by atoms with van der Waals surface area (Å²) in [5.41, 5.74) is 3.87. The van der Waals surface area contributed by atoms with E-state index in [1.165, 1.54) is 6.07 Å². The standard InChI is InChI=1S/C27H27FN4O2/c1-16(2)22-13-18(6-8-23(22)28)30-27-31-24-15-20(7-9-25(24)32(27)3)34-21-10-11-29-19(12-21)14-26(33)17-4-5-17/h6-13,15-17H,4-5,14H2,1-3H3,(H,30,31). The highest BCUT2D eigenvalue weighted by Gasteiger charge is 2.29. The smallest absolute Gasteiger partial charge is 0.208 e. The molecule has 2 heterocycles. The Morgan fingerprint density at radius 2 is 1.94 bits per heavy atom. The van der Waals surface area contributed by atoms with E-state index in [1.807, 2.05) is 55.8 Å². The number of Topliss-reactive ketones (excluding diaryl/α,β-unsaturated/α-hetero) is 1. The van der Waals surface area contributed by atoms with Gasteiger partial charge in [0.2, 0.25) is 5.95 Å². The van der Waals surface area contributed by atoms with Crippen molar-refractivity contribution in [1.82, 2.24) is 14.5 Å². The summed E-state index contributed by atoms with van der Waals surface area (Å²) in [7, 11) is 1.93. The van der Waals surface area contributed by atoms with Crippen LogP contribution in [0.15, 0.2) is 54.7 Å². The number of halogens is 1. The van der Waals surface area contributed by atoms with Crippen LogP contribution in [-0.4, -0.2) is 20.3 Å². The van der Waals surface area contributed by atoms with Gasteiger partial charge in [0.15, 0.2) is 0 Å². The Kier molecular flexibility index (Phi) is 5.77. The third-order valence-corrected chi connectivity index (χ3v) is 6.14. The first-order valence-corrected chi connectivity index (χ1v) is 11.6. The summed E-state index contributed by atoms with van der Waals surface area (Å²) in [5.74, 6) is 2.28. The summed E-state index contributed by atoms with van der Waals surface area (Å²) >= 11 is 0. The topological polar surface area (TPSA) is 69.0 Å². The van der Waals surface area contributed by atoms with E-state index < -0.39 is 0 Å². The van der Waals surface area contributed by atoms with Crippen molar-refractivity contribution in [2.24, 2.45) is 13.0 Å². The van der Waals surface area contributed by atoms with Gasteiger partial charge in [-0.2, -0.15) is 0 Å². The van der Waals surface area contributed by atoms with Gasteiger partial charge in [-0.3, -0.25) is 9.78 Å². The van der Waals surface area contributed by atoms with Crippen molar-refractivity contribution >= 4 is 28.5 Å². The molecule has 0 aliphatic heterocycles. The average Bonchev–Trinajstić information content (AvgIpc) is 3.61. The maximum absolute atomic E-state index is 14.1. The largest absolute Gasteiger partial charge is 0.457 e. The molecule has 1 saturated carbocycles. The van der Waals surface area contributed by atoms with Crippen LogP contribution in [0.2, 0.25) is 0 Å². The first-order valence-electron chi connectivity index (χ1n) is 11.6. The van der Waals surface area contributed by atoms with Crippen LogP contribution in [0, 0.1) is 11.7 Å². The van der Waals surface area contributed by atoms with Gasteiger partial charge in [-0.1, -0.05) is 13.8 Å². The normalized spacial score (nSPS) is 13.4. The molecule has 0 unspecified atom stereocenters. The highest BCUT2D eigenvalue weighted by Crippen LogP contribution is 2.32. The fraction of sp³-hybridized carbons (Fsp3) is 0.296.